The molecule has 0 atom stereocenters. The van der Waals surface area contributed by atoms with Gasteiger partial charge in [0.1, 0.15) is 21.1 Å². The molecule has 0 bridgehead atoms. The lowest BCUT2D eigenvalue weighted by atomic mass is 10.1. The van der Waals surface area contributed by atoms with E-state index in [0.717, 1.165) is 44.3 Å². The second-order valence-electron chi connectivity index (χ2n) is 14.1. The Morgan fingerprint density at radius 1 is 0.650 bits per heavy atom. The van der Waals surface area contributed by atoms with Crippen LogP contribution in [0.3, 0.4) is 0 Å². The SMILES string of the molecule is CN1CCc2c(c3ccccc3n2Cc2ccccc2)C1.O=S(=O)(O)c1cccc2c(S(=O)(=O)O)cccc12.O=c1c(O)c(-c2ccc(O)c(O)c2)oc2cc(O)ccc12. The highest BCUT2D eigenvalue weighted by Crippen LogP contribution is 2.36. The zero-order chi connectivity index (χ0) is 42.9. The molecule has 0 fully saturated rings. The molecule has 2 aromatic heterocycles. The Labute approximate surface area is 343 Å². The Balaban J connectivity index is 0.000000137. The third-order valence-electron chi connectivity index (χ3n) is 10.0. The molecule has 0 unspecified atom stereocenters. The van der Waals surface area contributed by atoms with Crippen molar-refractivity contribution in [2.75, 3.05) is 13.6 Å². The summed E-state index contributed by atoms with van der Waals surface area (Å²) >= 11 is 0. The highest BCUT2D eigenvalue weighted by atomic mass is 32.2. The summed E-state index contributed by atoms with van der Waals surface area (Å²) in [7, 11) is -6.72. The molecule has 14 nitrogen and oxygen atoms in total. The highest BCUT2D eigenvalue weighted by molar-refractivity contribution is 7.86. The second kappa shape index (κ2) is 16.5. The molecule has 16 heteroatoms. The predicted molar refractivity (Wildman–Crippen MR) is 226 cm³/mol. The van der Waals surface area contributed by atoms with E-state index in [4.69, 9.17) is 13.5 Å². The van der Waals surface area contributed by atoms with Crippen LogP contribution >= 0.6 is 0 Å². The van der Waals surface area contributed by atoms with Crippen molar-refractivity contribution in [3.05, 3.63) is 154 Å². The van der Waals surface area contributed by atoms with Crippen molar-refractivity contribution in [2.24, 2.45) is 0 Å². The predicted octanol–water partition coefficient (Wildman–Crippen LogP) is 7.29. The lowest BCUT2D eigenvalue weighted by molar-refractivity contribution is 0.310. The van der Waals surface area contributed by atoms with Crippen LogP contribution in [-0.2, 0) is 39.7 Å². The Bertz CT molecular complexity index is 3130. The van der Waals surface area contributed by atoms with Crippen LogP contribution in [0.1, 0.15) is 16.8 Å². The van der Waals surface area contributed by atoms with Crippen LogP contribution in [0.5, 0.6) is 23.0 Å². The van der Waals surface area contributed by atoms with E-state index in [1.54, 1.807) is 0 Å². The molecular weight excluding hydrogens is 813 g/mol. The van der Waals surface area contributed by atoms with Gasteiger partial charge in [0.15, 0.2) is 17.3 Å². The molecule has 1 aliphatic rings. The number of rotatable bonds is 5. The minimum Gasteiger partial charge on any atom is -0.508 e. The van der Waals surface area contributed by atoms with E-state index in [0.29, 0.717) is 0 Å². The molecule has 60 heavy (non-hydrogen) atoms. The van der Waals surface area contributed by atoms with Gasteiger partial charge in [-0.25, -0.2) is 0 Å². The van der Waals surface area contributed by atoms with Crippen LogP contribution in [0.4, 0.5) is 0 Å². The summed E-state index contributed by atoms with van der Waals surface area (Å²) in [6.07, 6.45) is 1.15. The number of phenols is 3. The zero-order valence-electron chi connectivity index (χ0n) is 31.8. The topological polar surface area (TPSA) is 228 Å². The number of para-hydroxylation sites is 1. The third-order valence-corrected chi connectivity index (χ3v) is 11.8. The van der Waals surface area contributed by atoms with Gasteiger partial charge in [-0.3, -0.25) is 13.9 Å². The zero-order valence-corrected chi connectivity index (χ0v) is 33.4. The van der Waals surface area contributed by atoms with Gasteiger partial charge in [-0.05, 0) is 66.7 Å². The molecule has 6 aromatic carbocycles. The molecule has 6 N–H and O–H groups in total. The lowest BCUT2D eigenvalue weighted by Gasteiger charge is -2.24. The van der Waals surface area contributed by atoms with Gasteiger partial charge in [-0.2, -0.15) is 16.8 Å². The smallest absolute Gasteiger partial charge is 0.295 e. The van der Waals surface area contributed by atoms with Gasteiger partial charge in [0.25, 0.3) is 20.2 Å². The molecule has 8 aromatic rings. The van der Waals surface area contributed by atoms with Crippen LogP contribution in [0, 0.1) is 0 Å². The first kappa shape index (κ1) is 41.5. The number of fused-ring (bicyclic) bond motifs is 5. The maximum atomic E-state index is 12.1. The maximum absolute atomic E-state index is 12.1. The number of hydrogen-bond donors (Lipinski definition) is 6. The van der Waals surface area contributed by atoms with Crippen LogP contribution in [-0.4, -0.2) is 69.4 Å². The number of nitrogens with zero attached hydrogens (tertiary/aromatic N) is 2. The summed E-state index contributed by atoms with van der Waals surface area (Å²) in [5, 5.41) is 39.8. The average Bonchev–Trinajstić information content (AvgIpc) is 3.52. The summed E-state index contributed by atoms with van der Waals surface area (Å²) in [6, 6.07) is 34.8. The molecule has 0 spiro atoms. The molecule has 0 saturated heterocycles. The summed E-state index contributed by atoms with van der Waals surface area (Å²) < 4.78 is 70.6. The van der Waals surface area contributed by atoms with E-state index in [9.17, 15) is 42.1 Å². The van der Waals surface area contributed by atoms with Crippen molar-refractivity contribution in [1.29, 1.82) is 0 Å². The monoisotopic (exact) mass is 850 g/mol. The third kappa shape index (κ3) is 8.54. The van der Waals surface area contributed by atoms with Gasteiger partial charge >= 0.3 is 0 Å². The highest BCUT2D eigenvalue weighted by Gasteiger charge is 2.23. The van der Waals surface area contributed by atoms with Crippen molar-refractivity contribution in [3.63, 3.8) is 0 Å². The number of benzene rings is 6. The summed E-state index contributed by atoms with van der Waals surface area (Å²) in [6.45, 7) is 3.19. The van der Waals surface area contributed by atoms with Crippen LogP contribution in [0.15, 0.2) is 146 Å². The number of aromatic nitrogens is 1. The van der Waals surface area contributed by atoms with E-state index in [1.807, 2.05) is 0 Å². The Kier molecular flexibility index (Phi) is 11.4. The first-order valence-electron chi connectivity index (χ1n) is 18.3. The first-order valence-corrected chi connectivity index (χ1v) is 21.2. The van der Waals surface area contributed by atoms with E-state index in [-0.39, 0.29) is 44.6 Å². The number of aromatic hydroxyl groups is 4. The molecule has 9 rings (SSSR count). The van der Waals surface area contributed by atoms with Gasteiger partial charge in [0.2, 0.25) is 11.2 Å². The van der Waals surface area contributed by atoms with Crippen LogP contribution in [0.25, 0.3) is 44.0 Å². The molecule has 0 saturated carbocycles. The Hall–Kier alpha value is -6.69. The summed E-state index contributed by atoms with van der Waals surface area (Å²) in [5.74, 6) is -1.60. The minimum absolute atomic E-state index is 0.0233. The number of hydrogen-bond acceptors (Lipinski definition) is 11. The first-order chi connectivity index (χ1) is 28.5. The van der Waals surface area contributed by atoms with Gasteiger partial charge in [-0.15, -0.1) is 0 Å². The van der Waals surface area contributed by atoms with Gasteiger partial charge in [0.05, 0.1) is 5.39 Å². The largest absolute Gasteiger partial charge is 0.508 e. The van der Waals surface area contributed by atoms with E-state index < -0.39 is 47.0 Å². The van der Waals surface area contributed by atoms with Crippen LogP contribution < -0.4 is 5.43 Å². The molecule has 308 valence electrons. The number of phenolic OH excluding ortho intramolecular Hbond substituents is 3. The lowest BCUT2D eigenvalue weighted by Crippen LogP contribution is -2.27. The van der Waals surface area contributed by atoms with E-state index in [2.05, 4.69) is 71.1 Å². The molecule has 0 amide bonds. The van der Waals surface area contributed by atoms with Crippen molar-refractivity contribution >= 4 is 52.9 Å². The molecule has 0 aliphatic carbocycles. The fourth-order valence-electron chi connectivity index (χ4n) is 7.22. The van der Waals surface area contributed by atoms with Crippen molar-refractivity contribution in [2.45, 2.75) is 29.3 Å². The summed E-state index contributed by atoms with van der Waals surface area (Å²) in [4.78, 5) is 13.7. The van der Waals surface area contributed by atoms with Crippen LogP contribution in [0.2, 0.25) is 0 Å². The quantitative estimate of drug-likeness (QED) is 0.0739. The average molecular weight is 851 g/mol. The van der Waals surface area contributed by atoms with Gasteiger partial charge in [0, 0.05) is 65.1 Å². The summed E-state index contributed by atoms with van der Waals surface area (Å²) in [5.41, 5.74) is 5.46. The van der Waals surface area contributed by atoms with Crippen molar-refractivity contribution in [3.8, 4) is 34.3 Å². The molecular formula is C44H38N2O12S2. The van der Waals surface area contributed by atoms with Crippen molar-refractivity contribution < 1.29 is 50.8 Å². The molecule has 1 aliphatic heterocycles. The fraction of sp³-hybridized carbons (Fsp3) is 0.114. The van der Waals surface area contributed by atoms with E-state index >= 15 is 0 Å². The van der Waals surface area contributed by atoms with Crippen molar-refractivity contribution in [1.82, 2.24) is 9.47 Å². The normalized spacial score (nSPS) is 13.0. The van der Waals surface area contributed by atoms with Gasteiger partial charge < -0.3 is 34.3 Å². The molecule has 3 heterocycles. The fourth-order valence-corrected chi connectivity index (χ4v) is 8.63. The second-order valence-corrected chi connectivity index (χ2v) is 16.8. The Morgan fingerprint density at radius 3 is 1.90 bits per heavy atom. The Morgan fingerprint density at radius 2 is 1.27 bits per heavy atom. The number of likely N-dealkylation sites (N-methyl/N-ethyl adjacent to an activating group) is 1. The van der Waals surface area contributed by atoms with E-state index in [1.165, 1.54) is 82.3 Å². The van der Waals surface area contributed by atoms with Gasteiger partial charge in [-0.1, -0.05) is 72.8 Å². The maximum Gasteiger partial charge on any atom is 0.295 e. The minimum atomic E-state index is -4.47. The standard InChI is InChI=1S/C19H20N2.C15H10O6.C10H8O6S2/c1-20-12-11-19-17(14-20)16-9-5-6-10-18(16)21(19)13-15-7-3-2-4-8-15;16-8-2-3-9-12(6-8)21-15(14(20)13(9)19)7-1-4-10(17)11(18)5-7;11-17(12,13)9-5-1-3-7-8(9)4-2-6-10(7)18(14,15)16/h2-10H,11-14H2,1H3;1-6,16-18,20H;1-6H,(H,11,12,13)(H,14,15,16). The molecule has 0 radical (unpaired) electrons.